The maximum absolute atomic E-state index is 11.2. The van der Waals surface area contributed by atoms with Gasteiger partial charge in [-0.2, -0.15) is 0 Å². The number of rotatable bonds is 2. The van der Waals surface area contributed by atoms with Crippen molar-refractivity contribution in [3.63, 3.8) is 0 Å². The summed E-state index contributed by atoms with van der Waals surface area (Å²) in [6.07, 6.45) is 0. The number of hydrogen-bond acceptors (Lipinski definition) is 3. The molecule has 0 bridgehead atoms. The molecular formula is C14H10BrN3O2. The Morgan fingerprint density at radius 2 is 2.00 bits per heavy atom. The molecule has 0 atom stereocenters. The summed E-state index contributed by atoms with van der Waals surface area (Å²) in [6.45, 7) is 1.97. The van der Waals surface area contributed by atoms with Gasteiger partial charge in [-0.15, -0.1) is 5.10 Å². The predicted molar refractivity (Wildman–Crippen MR) is 78.3 cm³/mol. The number of carbonyl (C=O) groups is 1. The minimum Gasteiger partial charge on any atom is -0.478 e. The average molecular weight is 332 g/mol. The molecule has 100 valence electrons. The van der Waals surface area contributed by atoms with Crippen molar-refractivity contribution in [2.75, 3.05) is 0 Å². The van der Waals surface area contributed by atoms with Crippen molar-refractivity contribution >= 4 is 32.9 Å². The smallest absolute Gasteiger partial charge is 0.338 e. The van der Waals surface area contributed by atoms with Gasteiger partial charge in [0.25, 0.3) is 0 Å². The fourth-order valence-corrected chi connectivity index (χ4v) is 2.48. The van der Waals surface area contributed by atoms with Crippen LogP contribution in [0.5, 0.6) is 0 Å². The van der Waals surface area contributed by atoms with Crippen LogP contribution in [-0.2, 0) is 0 Å². The summed E-state index contributed by atoms with van der Waals surface area (Å²) < 4.78 is 2.62. The molecule has 0 unspecified atom stereocenters. The number of aromatic nitrogens is 3. The van der Waals surface area contributed by atoms with E-state index in [0.29, 0.717) is 11.0 Å². The summed E-state index contributed by atoms with van der Waals surface area (Å²) in [5.74, 6) is -1.01. The lowest BCUT2D eigenvalue weighted by molar-refractivity contribution is 0.0699. The van der Waals surface area contributed by atoms with E-state index in [1.165, 1.54) is 6.07 Å². The molecule has 0 saturated carbocycles. The Bertz CT molecular complexity index is 826. The van der Waals surface area contributed by atoms with E-state index in [0.717, 1.165) is 15.7 Å². The van der Waals surface area contributed by atoms with E-state index in [9.17, 15) is 9.90 Å². The van der Waals surface area contributed by atoms with Crippen LogP contribution in [0.15, 0.2) is 40.9 Å². The molecule has 0 fully saturated rings. The van der Waals surface area contributed by atoms with E-state index in [-0.39, 0.29) is 5.56 Å². The summed E-state index contributed by atoms with van der Waals surface area (Å²) in [7, 11) is 0. The maximum atomic E-state index is 11.2. The van der Waals surface area contributed by atoms with Crippen molar-refractivity contribution in [2.45, 2.75) is 6.92 Å². The van der Waals surface area contributed by atoms with Crippen molar-refractivity contribution < 1.29 is 9.90 Å². The Kier molecular flexibility index (Phi) is 3.02. The van der Waals surface area contributed by atoms with Crippen LogP contribution < -0.4 is 0 Å². The Morgan fingerprint density at radius 3 is 2.75 bits per heavy atom. The number of halogens is 1. The van der Waals surface area contributed by atoms with E-state index >= 15 is 0 Å². The van der Waals surface area contributed by atoms with Gasteiger partial charge in [0.1, 0.15) is 5.52 Å². The second-order valence-electron chi connectivity index (χ2n) is 4.36. The second-order valence-corrected chi connectivity index (χ2v) is 5.22. The quantitative estimate of drug-likeness (QED) is 0.783. The van der Waals surface area contributed by atoms with Gasteiger partial charge in [0, 0.05) is 4.47 Å². The van der Waals surface area contributed by atoms with Gasteiger partial charge in [-0.3, -0.25) is 0 Å². The van der Waals surface area contributed by atoms with Gasteiger partial charge in [0.05, 0.1) is 16.8 Å². The molecule has 5 nitrogen and oxygen atoms in total. The molecule has 1 heterocycles. The van der Waals surface area contributed by atoms with Crippen molar-refractivity contribution in [2.24, 2.45) is 0 Å². The molecule has 0 amide bonds. The molecule has 6 heteroatoms. The van der Waals surface area contributed by atoms with E-state index in [1.54, 1.807) is 10.7 Å². The molecule has 0 aliphatic heterocycles. The first-order chi connectivity index (χ1) is 9.59. The third-order valence-corrected chi connectivity index (χ3v) is 4.03. The largest absolute Gasteiger partial charge is 0.478 e. The second kappa shape index (κ2) is 4.72. The molecule has 0 spiro atoms. The molecule has 1 aromatic heterocycles. The van der Waals surface area contributed by atoms with Crippen molar-refractivity contribution in [3.8, 4) is 5.69 Å². The predicted octanol–water partition coefficient (Wildman–Crippen LogP) is 3.19. The highest BCUT2D eigenvalue weighted by Crippen LogP contribution is 2.25. The summed E-state index contributed by atoms with van der Waals surface area (Å²) in [4.78, 5) is 11.2. The first-order valence-electron chi connectivity index (χ1n) is 5.93. The number of carboxylic acid groups (broad SMARTS) is 1. The third kappa shape index (κ3) is 1.89. The number of fused-ring (bicyclic) bond motifs is 1. The van der Waals surface area contributed by atoms with Gasteiger partial charge < -0.3 is 5.11 Å². The van der Waals surface area contributed by atoms with Gasteiger partial charge in [-0.25, -0.2) is 9.48 Å². The molecule has 0 aliphatic rings. The highest BCUT2D eigenvalue weighted by Gasteiger charge is 2.15. The van der Waals surface area contributed by atoms with Crippen LogP contribution in [0.25, 0.3) is 16.7 Å². The zero-order valence-electron chi connectivity index (χ0n) is 10.5. The Balaban J connectivity index is 2.31. The number of carboxylic acids is 1. The molecule has 3 aromatic rings. The maximum Gasteiger partial charge on any atom is 0.338 e. The van der Waals surface area contributed by atoms with Crippen LogP contribution in [-0.4, -0.2) is 26.1 Å². The van der Waals surface area contributed by atoms with Gasteiger partial charge in [0.2, 0.25) is 0 Å². The minimum absolute atomic E-state index is 0.154. The molecule has 3 rings (SSSR count). The number of hydrogen-bond donors (Lipinski definition) is 1. The van der Waals surface area contributed by atoms with Gasteiger partial charge in [-0.1, -0.05) is 33.3 Å². The monoisotopic (exact) mass is 331 g/mol. The summed E-state index contributed by atoms with van der Waals surface area (Å²) in [5, 5.41) is 17.3. The molecule has 1 N–H and O–H groups in total. The molecule has 20 heavy (non-hydrogen) atoms. The normalized spacial score (nSPS) is 10.9. The standard InChI is InChI=1S/C14H10BrN3O2/c1-8-10(15)5-3-6-11(8)18-12-7-2-4-9(14(19)20)13(12)16-17-18/h2-7H,1H3,(H,19,20). The Labute approximate surface area is 123 Å². The zero-order valence-corrected chi connectivity index (χ0v) is 12.1. The van der Waals surface area contributed by atoms with Crippen molar-refractivity contribution in [1.82, 2.24) is 15.0 Å². The number of aromatic carboxylic acids is 1. The fourth-order valence-electron chi connectivity index (χ4n) is 2.12. The summed E-state index contributed by atoms with van der Waals surface area (Å²) in [6, 6.07) is 10.8. The van der Waals surface area contributed by atoms with Crippen LogP contribution in [0.3, 0.4) is 0 Å². The first kappa shape index (κ1) is 12.8. The first-order valence-corrected chi connectivity index (χ1v) is 6.72. The topological polar surface area (TPSA) is 68.0 Å². The summed E-state index contributed by atoms with van der Waals surface area (Å²) in [5.41, 5.74) is 3.09. The van der Waals surface area contributed by atoms with Crippen LogP contribution in [0.2, 0.25) is 0 Å². The molecule has 0 radical (unpaired) electrons. The van der Waals surface area contributed by atoms with Crippen molar-refractivity contribution in [3.05, 3.63) is 52.0 Å². The van der Waals surface area contributed by atoms with Gasteiger partial charge >= 0.3 is 5.97 Å². The fraction of sp³-hybridized carbons (Fsp3) is 0.0714. The highest BCUT2D eigenvalue weighted by atomic mass is 79.9. The lowest BCUT2D eigenvalue weighted by Gasteiger charge is -2.07. The van der Waals surface area contributed by atoms with Gasteiger partial charge in [-0.05, 0) is 36.8 Å². The van der Waals surface area contributed by atoms with E-state index in [2.05, 4.69) is 26.2 Å². The minimum atomic E-state index is -1.01. The molecule has 2 aromatic carbocycles. The van der Waals surface area contributed by atoms with Crippen LogP contribution in [0.1, 0.15) is 15.9 Å². The highest BCUT2D eigenvalue weighted by molar-refractivity contribution is 9.10. The zero-order chi connectivity index (χ0) is 14.3. The average Bonchev–Trinajstić information content (AvgIpc) is 2.85. The van der Waals surface area contributed by atoms with Crippen molar-refractivity contribution in [1.29, 1.82) is 0 Å². The van der Waals surface area contributed by atoms with Crippen LogP contribution >= 0.6 is 15.9 Å². The molecular weight excluding hydrogens is 322 g/mol. The van der Waals surface area contributed by atoms with E-state index < -0.39 is 5.97 Å². The molecule has 0 saturated heterocycles. The lowest BCUT2D eigenvalue weighted by Crippen LogP contribution is -2.00. The van der Waals surface area contributed by atoms with E-state index in [4.69, 9.17) is 0 Å². The van der Waals surface area contributed by atoms with Crippen LogP contribution in [0.4, 0.5) is 0 Å². The lowest BCUT2D eigenvalue weighted by atomic mass is 10.1. The van der Waals surface area contributed by atoms with Crippen LogP contribution in [0, 0.1) is 6.92 Å². The Hall–Kier alpha value is -2.21. The molecule has 0 aliphatic carbocycles. The SMILES string of the molecule is Cc1c(Br)cccc1-n1nnc2c(C(=O)O)cccc21. The number of nitrogens with zero attached hydrogens (tertiary/aromatic N) is 3. The third-order valence-electron chi connectivity index (χ3n) is 3.17. The van der Waals surface area contributed by atoms with E-state index in [1.807, 2.05) is 31.2 Å². The summed E-state index contributed by atoms with van der Waals surface area (Å²) >= 11 is 3.48. The number of benzene rings is 2. The van der Waals surface area contributed by atoms with Gasteiger partial charge in [0.15, 0.2) is 0 Å². The Morgan fingerprint density at radius 1 is 1.25 bits per heavy atom.